The van der Waals surface area contributed by atoms with E-state index in [1.807, 2.05) is 0 Å². The Hall–Kier alpha value is -2.84. The smallest absolute Gasteiger partial charge is 0.338 e. The number of benzene rings is 1. The Bertz CT molecular complexity index is 1160. The van der Waals surface area contributed by atoms with E-state index in [0.29, 0.717) is 51.2 Å². The molecule has 10 heteroatoms. The summed E-state index contributed by atoms with van der Waals surface area (Å²) in [5, 5.41) is 1.34. The van der Waals surface area contributed by atoms with E-state index in [4.69, 9.17) is 37.7 Å². The Morgan fingerprint density at radius 2 is 2.17 bits per heavy atom. The first-order valence-corrected chi connectivity index (χ1v) is 9.67. The van der Waals surface area contributed by atoms with Crippen molar-refractivity contribution in [1.29, 1.82) is 0 Å². The Morgan fingerprint density at radius 3 is 2.90 bits per heavy atom. The van der Waals surface area contributed by atoms with Gasteiger partial charge in [-0.3, -0.25) is 4.79 Å². The van der Waals surface area contributed by atoms with Crippen LogP contribution in [0.3, 0.4) is 0 Å². The fraction of sp³-hybridized carbons (Fsp3) is 0.263. The van der Waals surface area contributed by atoms with Crippen molar-refractivity contribution < 1.29 is 19.1 Å². The average Bonchev–Trinajstić information content (AvgIpc) is 3.34. The van der Waals surface area contributed by atoms with Gasteiger partial charge in [0.05, 0.1) is 21.9 Å². The maximum Gasteiger partial charge on any atom is 0.338 e. The van der Waals surface area contributed by atoms with Gasteiger partial charge in [0.1, 0.15) is 11.8 Å². The van der Waals surface area contributed by atoms with Crippen LogP contribution in [0.1, 0.15) is 13.3 Å². The molecule has 2 aliphatic heterocycles. The number of hydrogen-bond acceptors (Lipinski definition) is 7. The van der Waals surface area contributed by atoms with Crippen LogP contribution in [0.25, 0.3) is 16.6 Å². The zero-order valence-electron chi connectivity index (χ0n) is 15.1. The molecule has 0 radical (unpaired) electrons. The minimum Gasteiger partial charge on any atom is -0.460 e. The molecule has 1 aromatic carbocycles. The quantitative estimate of drug-likeness (QED) is 0.574. The summed E-state index contributed by atoms with van der Waals surface area (Å²) in [5.41, 5.74) is 1.07. The fourth-order valence-electron chi connectivity index (χ4n) is 3.94. The van der Waals surface area contributed by atoms with Crippen LogP contribution in [0.4, 0.5) is 5.82 Å². The van der Waals surface area contributed by atoms with Crippen molar-refractivity contribution in [3.8, 4) is 11.4 Å². The number of imidazole rings is 1. The van der Waals surface area contributed by atoms with Crippen LogP contribution in [0.5, 0.6) is 5.75 Å². The number of pyridine rings is 1. The Balaban J connectivity index is 1.77. The van der Waals surface area contributed by atoms with Gasteiger partial charge in [-0.2, -0.15) is 0 Å². The van der Waals surface area contributed by atoms with Gasteiger partial charge >= 0.3 is 11.9 Å². The third-order valence-corrected chi connectivity index (χ3v) is 5.89. The SMILES string of the molecule is CC(=O)O[C@H]1CCN2c3nc4c(Cl)c(Cl)ccc4c(-n4ccnc4)c3OC(=O)[C@H]12. The second-order valence-corrected chi connectivity index (χ2v) is 7.62. The third-order valence-electron chi connectivity index (χ3n) is 5.10. The minimum absolute atomic E-state index is 0.303. The van der Waals surface area contributed by atoms with Crippen LogP contribution in [0, 0.1) is 0 Å². The summed E-state index contributed by atoms with van der Waals surface area (Å²) in [6, 6.07) is 2.68. The monoisotopic (exact) mass is 432 g/mol. The predicted octanol–water partition coefficient (Wildman–Crippen LogP) is 3.16. The van der Waals surface area contributed by atoms with E-state index in [2.05, 4.69) is 4.98 Å². The van der Waals surface area contributed by atoms with Gasteiger partial charge in [-0.1, -0.05) is 23.2 Å². The summed E-state index contributed by atoms with van der Waals surface area (Å²) in [7, 11) is 0. The molecule has 148 valence electrons. The standard InChI is InChI=1S/C19H14Cl2N4O4/c1-9(26)28-12-4-6-25-16(12)19(27)29-17-15(24-7-5-22-8-24)10-2-3-11(20)13(21)14(10)23-18(17)25/h2-3,5,7-8,12,16H,4,6H2,1H3/t12-,16-/m0/s1. The van der Waals surface area contributed by atoms with Crippen LogP contribution in [-0.2, 0) is 14.3 Å². The molecule has 0 saturated carbocycles. The summed E-state index contributed by atoms with van der Waals surface area (Å²) >= 11 is 12.7. The molecule has 0 N–H and O–H groups in total. The number of aromatic nitrogens is 3. The Labute approximate surface area is 174 Å². The molecule has 2 aromatic heterocycles. The Kier molecular flexibility index (Phi) is 4.15. The maximum atomic E-state index is 12.9. The number of fused-ring (bicyclic) bond motifs is 4. The second-order valence-electron chi connectivity index (χ2n) is 6.84. The molecule has 0 bridgehead atoms. The highest BCUT2D eigenvalue weighted by Gasteiger charge is 2.48. The number of esters is 2. The van der Waals surface area contributed by atoms with Gasteiger partial charge in [-0.15, -0.1) is 0 Å². The zero-order chi connectivity index (χ0) is 20.3. The summed E-state index contributed by atoms with van der Waals surface area (Å²) in [6.07, 6.45) is 4.85. The van der Waals surface area contributed by atoms with Crippen LogP contribution < -0.4 is 9.64 Å². The van der Waals surface area contributed by atoms with Crippen molar-refractivity contribution in [2.75, 3.05) is 11.4 Å². The molecule has 5 rings (SSSR count). The number of hydrogen-bond donors (Lipinski definition) is 0. The summed E-state index contributed by atoms with van der Waals surface area (Å²) in [4.78, 5) is 34.9. The number of ether oxygens (including phenoxy) is 2. The van der Waals surface area contributed by atoms with Crippen molar-refractivity contribution >= 4 is 51.9 Å². The number of carbonyl (C=O) groups excluding carboxylic acids is 2. The molecule has 1 fully saturated rings. The average molecular weight is 433 g/mol. The molecule has 4 heterocycles. The van der Waals surface area contributed by atoms with Gasteiger partial charge in [-0.05, 0) is 12.1 Å². The van der Waals surface area contributed by atoms with E-state index in [-0.39, 0.29) is 0 Å². The fourth-order valence-corrected chi connectivity index (χ4v) is 4.30. The molecule has 29 heavy (non-hydrogen) atoms. The highest BCUT2D eigenvalue weighted by molar-refractivity contribution is 6.45. The molecule has 3 aromatic rings. The topological polar surface area (TPSA) is 86.6 Å². The van der Waals surface area contributed by atoms with Crippen LogP contribution in [0.15, 0.2) is 30.9 Å². The zero-order valence-corrected chi connectivity index (χ0v) is 16.6. The molecule has 0 unspecified atom stereocenters. The van der Waals surface area contributed by atoms with Crippen molar-refractivity contribution in [3.63, 3.8) is 0 Å². The molecule has 1 saturated heterocycles. The Morgan fingerprint density at radius 1 is 1.34 bits per heavy atom. The second kappa shape index (κ2) is 6.60. The number of rotatable bonds is 2. The first-order valence-electron chi connectivity index (χ1n) is 8.91. The normalized spacial score (nSPS) is 20.4. The molecule has 8 nitrogen and oxygen atoms in total. The van der Waals surface area contributed by atoms with Crippen LogP contribution in [0.2, 0.25) is 10.0 Å². The number of anilines is 1. The van der Waals surface area contributed by atoms with Gasteiger partial charge < -0.3 is 18.9 Å². The third kappa shape index (κ3) is 2.74. The lowest BCUT2D eigenvalue weighted by molar-refractivity contribution is -0.150. The lowest BCUT2D eigenvalue weighted by Gasteiger charge is -2.33. The van der Waals surface area contributed by atoms with Crippen LogP contribution >= 0.6 is 23.2 Å². The highest BCUT2D eigenvalue weighted by atomic mass is 35.5. The van der Waals surface area contributed by atoms with E-state index in [1.54, 1.807) is 40.3 Å². The molecule has 2 atom stereocenters. The summed E-state index contributed by atoms with van der Waals surface area (Å²) < 4.78 is 12.8. The van der Waals surface area contributed by atoms with Crippen molar-refractivity contribution in [3.05, 3.63) is 40.9 Å². The molecular formula is C19H14Cl2N4O4. The lowest BCUT2D eigenvalue weighted by Crippen LogP contribution is -2.49. The van der Waals surface area contributed by atoms with Crippen LogP contribution in [-0.4, -0.2) is 45.2 Å². The van der Waals surface area contributed by atoms with Gasteiger partial charge in [0.15, 0.2) is 17.6 Å². The van der Waals surface area contributed by atoms with Gasteiger partial charge in [0.2, 0.25) is 0 Å². The van der Waals surface area contributed by atoms with Crippen molar-refractivity contribution in [2.45, 2.75) is 25.5 Å². The van der Waals surface area contributed by atoms with Gasteiger partial charge in [-0.25, -0.2) is 14.8 Å². The van der Waals surface area contributed by atoms with Crippen molar-refractivity contribution in [1.82, 2.24) is 14.5 Å². The predicted molar refractivity (Wildman–Crippen MR) is 106 cm³/mol. The van der Waals surface area contributed by atoms with Crippen molar-refractivity contribution in [2.24, 2.45) is 0 Å². The summed E-state index contributed by atoms with van der Waals surface area (Å²) in [5.74, 6) is -0.192. The van der Waals surface area contributed by atoms with Gasteiger partial charge in [0.25, 0.3) is 0 Å². The molecule has 0 aliphatic carbocycles. The first-order chi connectivity index (χ1) is 14.0. The van der Waals surface area contributed by atoms with Gasteiger partial charge in [0, 0.05) is 37.7 Å². The summed E-state index contributed by atoms with van der Waals surface area (Å²) in [6.45, 7) is 1.79. The van der Waals surface area contributed by atoms with E-state index in [1.165, 1.54) is 6.92 Å². The first kappa shape index (κ1) is 18.2. The van der Waals surface area contributed by atoms with E-state index >= 15 is 0 Å². The molecular weight excluding hydrogens is 419 g/mol. The molecule has 0 spiro atoms. The molecule has 0 amide bonds. The number of carbonyl (C=O) groups is 2. The minimum atomic E-state index is -0.759. The maximum absolute atomic E-state index is 12.9. The number of halogens is 2. The highest BCUT2D eigenvalue weighted by Crippen LogP contribution is 2.46. The number of nitrogens with zero attached hydrogens (tertiary/aromatic N) is 4. The molecule has 2 aliphatic rings. The van der Waals surface area contributed by atoms with E-state index < -0.39 is 24.1 Å². The lowest BCUT2D eigenvalue weighted by atomic mass is 10.1. The largest absolute Gasteiger partial charge is 0.460 e. The van der Waals surface area contributed by atoms with E-state index in [0.717, 1.165) is 0 Å². The van der Waals surface area contributed by atoms with E-state index in [9.17, 15) is 9.59 Å².